The van der Waals surface area contributed by atoms with E-state index in [9.17, 15) is 23.2 Å². The first-order valence-corrected chi connectivity index (χ1v) is 12.6. The Hall–Kier alpha value is -3.29. The number of amides is 1. The molecule has 1 amide bonds. The van der Waals surface area contributed by atoms with Crippen molar-refractivity contribution in [3.05, 3.63) is 59.2 Å². The minimum Gasteiger partial charge on any atom is -0.379 e. The average molecular weight is 514 g/mol. The van der Waals surface area contributed by atoms with Crippen molar-refractivity contribution in [2.45, 2.75) is 18.6 Å². The van der Waals surface area contributed by atoms with E-state index >= 15 is 0 Å². The third-order valence-electron chi connectivity index (χ3n) is 7.57. The first kappa shape index (κ1) is 25.4. The van der Waals surface area contributed by atoms with Gasteiger partial charge in [0.05, 0.1) is 42.0 Å². The Balaban J connectivity index is 1.39. The van der Waals surface area contributed by atoms with Crippen LogP contribution in [0.3, 0.4) is 0 Å². The lowest BCUT2D eigenvalue weighted by molar-refractivity contribution is -0.137. The number of nitrogens with one attached hydrogen (secondary N) is 1. The number of nitriles is 1. The third-order valence-corrected chi connectivity index (χ3v) is 7.57. The van der Waals surface area contributed by atoms with Crippen molar-refractivity contribution >= 4 is 17.3 Å². The minimum absolute atomic E-state index is 0.151. The van der Waals surface area contributed by atoms with Crippen LogP contribution in [0.5, 0.6) is 0 Å². The van der Waals surface area contributed by atoms with Gasteiger partial charge in [-0.15, -0.1) is 0 Å². The van der Waals surface area contributed by atoms with E-state index in [0.717, 1.165) is 30.5 Å². The normalized spacial score (nSPS) is 22.1. The second-order valence-corrected chi connectivity index (χ2v) is 9.73. The molecule has 3 aliphatic rings. The molecule has 0 spiro atoms. The van der Waals surface area contributed by atoms with Gasteiger partial charge in [0.25, 0.3) is 0 Å². The van der Waals surface area contributed by atoms with Crippen LogP contribution in [0.1, 0.15) is 16.7 Å². The second kappa shape index (κ2) is 10.6. The summed E-state index contributed by atoms with van der Waals surface area (Å²) in [7, 11) is 0. The summed E-state index contributed by atoms with van der Waals surface area (Å²) in [6.45, 7) is 5.79. The van der Waals surface area contributed by atoms with Crippen molar-refractivity contribution in [2.24, 2.45) is 5.92 Å². The van der Waals surface area contributed by atoms with E-state index < -0.39 is 17.7 Å². The summed E-state index contributed by atoms with van der Waals surface area (Å²) in [4.78, 5) is 19.9. The van der Waals surface area contributed by atoms with E-state index in [1.807, 2.05) is 18.2 Å². The molecule has 0 saturated carbocycles. The van der Waals surface area contributed by atoms with E-state index in [4.69, 9.17) is 4.74 Å². The monoisotopic (exact) mass is 513 g/mol. The molecule has 10 heteroatoms. The molecule has 3 aliphatic heterocycles. The summed E-state index contributed by atoms with van der Waals surface area (Å²) < 4.78 is 45.8. The molecule has 0 bridgehead atoms. The minimum atomic E-state index is -4.44. The number of nitrogens with zero attached hydrogens (tertiary/aromatic N) is 4. The van der Waals surface area contributed by atoms with Gasteiger partial charge in [-0.05, 0) is 42.3 Å². The van der Waals surface area contributed by atoms with Gasteiger partial charge in [0.15, 0.2) is 0 Å². The van der Waals surface area contributed by atoms with E-state index in [-0.39, 0.29) is 18.4 Å². The fourth-order valence-corrected chi connectivity index (χ4v) is 5.66. The van der Waals surface area contributed by atoms with Crippen molar-refractivity contribution in [3.63, 3.8) is 0 Å². The molecule has 0 aliphatic carbocycles. The number of para-hydroxylation sites is 1. The SMILES string of the molecule is N#Cc1ccccc1N1CCN2c3ccc(C(F)(F)F)cc3C[C@H](C(=O)NCCN3CCOCC3)[C@@H]2C1. The summed E-state index contributed by atoms with van der Waals surface area (Å²) in [5.74, 6) is -0.667. The fraction of sp³-hybridized carbons (Fsp3) is 0.481. The molecule has 1 N–H and O–H groups in total. The summed E-state index contributed by atoms with van der Waals surface area (Å²) in [6, 6.07) is 13.2. The Morgan fingerprint density at radius 3 is 2.62 bits per heavy atom. The van der Waals surface area contributed by atoms with Gasteiger partial charge >= 0.3 is 6.18 Å². The maximum absolute atomic E-state index is 13.5. The van der Waals surface area contributed by atoms with Crippen molar-refractivity contribution in [1.82, 2.24) is 10.2 Å². The molecule has 7 nitrogen and oxygen atoms in total. The summed E-state index contributed by atoms with van der Waals surface area (Å²) >= 11 is 0. The molecule has 2 fully saturated rings. The van der Waals surface area contributed by atoms with Crippen molar-refractivity contribution in [2.75, 3.05) is 68.8 Å². The molecule has 2 aromatic carbocycles. The summed E-state index contributed by atoms with van der Waals surface area (Å²) in [5.41, 5.74) is 1.98. The largest absolute Gasteiger partial charge is 0.416 e. The lowest BCUT2D eigenvalue weighted by atomic mass is 9.82. The number of carbonyl (C=O) groups excluding carboxylic acids is 1. The van der Waals surface area contributed by atoms with Crippen LogP contribution in [0, 0.1) is 17.2 Å². The van der Waals surface area contributed by atoms with Gasteiger partial charge in [0.2, 0.25) is 5.91 Å². The van der Waals surface area contributed by atoms with Crippen LogP contribution in [0.15, 0.2) is 42.5 Å². The number of hydrogen-bond acceptors (Lipinski definition) is 6. The number of hydrogen-bond donors (Lipinski definition) is 1. The predicted molar refractivity (Wildman–Crippen MR) is 133 cm³/mol. The Morgan fingerprint density at radius 2 is 1.86 bits per heavy atom. The molecule has 0 unspecified atom stereocenters. The number of halogens is 3. The number of fused-ring (bicyclic) bond motifs is 3. The zero-order chi connectivity index (χ0) is 26.0. The van der Waals surface area contributed by atoms with Gasteiger partial charge in [0.1, 0.15) is 6.07 Å². The molecule has 2 saturated heterocycles. The van der Waals surface area contributed by atoms with Crippen LogP contribution in [0.2, 0.25) is 0 Å². The standard InChI is InChI=1S/C27H30F3N5O2/c28-27(29,30)21-5-6-24-20(15-21)16-22(26(36)32-7-8-33-11-13-37-14-12-33)25-18-34(9-10-35(24)25)23-4-2-1-3-19(23)17-31/h1-6,15,22,25H,7-14,16,18H2,(H,32,36)/t22-,25-/m0/s1. The number of anilines is 2. The van der Waals surface area contributed by atoms with Crippen molar-refractivity contribution < 1.29 is 22.7 Å². The third kappa shape index (κ3) is 5.38. The quantitative estimate of drug-likeness (QED) is 0.663. The van der Waals surface area contributed by atoms with Crippen LogP contribution in [0.4, 0.5) is 24.5 Å². The van der Waals surface area contributed by atoms with Gasteiger partial charge < -0.3 is 19.9 Å². The van der Waals surface area contributed by atoms with E-state index in [0.29, 0.717) is 57.1 Å². The van der Waals surface area contributed by atoms with Gasteiger partial charge in [-0.2, -0.15) is 18.4 Å². The molecule has 37 heavy (non-hydrogen) atoms. The highest BCUT2D eigenvalue weighted by Gasteiger charge is 2.43. The van der Waals surface area contributed by atoms with Gasteiger partial charge in [-0.3, -0.25) is 9.69 Å². The predicted octanol–water partition coefficient (Wildman–Crippen LogP) is 2.89. The number of morpholine rings is 1. The van der Waals surface area contributed by atoms with Crippen LogP contribution in [0.25, 0.3) is 0 Å². The Morgan fingerprint density at radius 1 is 1.08 bits per heavy atom. The Bertz CT molecular complexity index is 1180. The molecule has 2 aromatic rings. The lowest BCUT2D eigenvalue weighted by Gasteiger charge is -2.50. The molecule has 0 radical (unpaired) electrons. The van der Waals surface area contributed by atoms with E-state index in [1.165, 1.54) is 12.1 Å². The first-order chi connectivity index (χ1) is 17.8. The molecule has 2 atom stereocenters. The number of alkyl halides is 3. The maximum Gasteiger partial charge on any atom is 0.416 e. The number of rotatable bonds is 5. The number of piperazine rings is 1. The average Bonchev–Trinajstić information content (AvgIpc) is 2.92. The smallest absolute Gasteiger partial charge is 0.379 e. The van der Waals surface area contributed by atoms with E-state index in [2.05, 4.69) is 26.1 Å². The van der Waals surface area contributed by atoms with Crippen molar-refractivity contribution in [1.29, 1.82) is 5.26 Å². The van der Waals surface area contributed by atoms with Crippen LogP contribution in [-0.4, -0.2) is 75.9 Å². The van der Waals surface area contributed by atoms with Crippen LogP contribution < -0.4 is 15.1 Å². The highest BCUT2D eigenvalue weighted by Crippen LogP contribution is 2.40. The zero-order valence-corrected chi connectivity index (χ0v) is 20.5. The molecule has 5 rings (SSSR count). The molecule has 0 aromatic heterocycles. The summed E-state index contributed by atoms with van der Waals surface area (Å²) in [5, 5.41) is 12.6. The van der Waals surface area contributed by atoms with Crippen LogP contribution >= 0.6 is 0 Å². The second-order valence-electron chi connectivity index (χ2n) is 9.73. The zero-order valence-electron chi connectivity index (χ0n) is 20.5. The number of benzene rings is 2. The number of carbonyl (C=O) groups is 1. The van der Waals surface area contributed by atoms with E-state index in [1.54, 1.807) is 6.07 Å². The molecular weight excluding hydrogens is 483 g/mol. The topological polar surface area (TPSA) is 71.8 Å². The first-order valence-electron chi connectivity index (χ1n) is 12.6. The van der Waals surface area contributed by atoms with Crippen LogP contribution in [-0.2, 0) is 22.1 Å². The van der Waals surface area contributed by atoms with Gasteiger partial charge in [-0.25, -0.2) is 0 Å². The molecule has 196 valence electrons. The van der Waals surface area contributed by atoms with Gasteiger partial charge in [0, 0.05) is 51.5 Å². The van der Waals surface area contributed by atoms with Gasteiger partial charge in [-0.1, -0.05) is 12.1 Å². The fourth-order valence-electron chi connectivity index (χ4n) is 5.66. The highest BCUT2D eigenvalue weighted by atomic mass is 19.4. The number of ether oxygens (including phenoxy) is 1. The molecule has 3 heterocycles. The summed E-state index contributed by atoms with van der Waals surface area (Å²) in [6.07, 6.45) is -4.21. The van der Waals surface area contributed by atoms with Crippen molar-refractivity contribution in [3.8, 4) is 6.07 Å². The Kier molecular flexibility index (Phi) is 7.26. The lowest BCUT2D eigenvalue weighted by Crippen LogP contribution is -2.61. The highest BCUT2D eigenvalue weighted by molar-refractivity contribution is 5.82. The maximum atomic E-state index is 13.5. The Labute approximate surface area is 214 Å². The molecular formula is C27H30F3N5O2.